The van der Waals surface area contributed by atoms with Crippen LogP contribution in [0.3, 0.4) is 0 Å². The van der Waals surface area contributed by atoms with Crippen LogP contribution in [0, 0.1) is 6.07 Å². The fourth-order valence-corrected chi connectivity index (χ4v) is 1.02. The number of aromatic nitrogens is 3. The van der Waals surface area contributed by atoms with Crippen LogP contribution in [-0.4, -0.2) is 14.8 Å². The summed E-state index contributed by atoms with van der Waals surface area (Å²) in [6.07, 6.45) is 7.03. The smallest absolute Gasteiger partial charge is 0.0660 e. The van der Waals surface area contributed by atoms with Gasteiger partial charge >= 0.3 is 0 Å². The molecule has 0 bridgehead atoms. The highest BCUT2D eigenvalue weighted by Gasteiger charge is 1.92. The molecule has 1 radical (unpaired) electrons. The van der Waals surface area contributed by atoms with E-state index in [0.717, 1.165) is 6.54 Å². The van der Waals surface area contributed by atoms with Gasteiger partial charge in [0.25, 0.3) is 0 Å². The van der Waals surface area contributed by atoms with Gasteiger partial charge in [0.1, 0.15) is 0 Å². The number of hydrogen-bond acceptors (Lipinski definition) is 2. The molecule has 2 heterocycles. The average molecular weight is 158 g/mol. The van der Waals surface area contributed by atoms with E-state index >= 15 is 0 Å². The van der Waals surface area contributed by atoms with Crippen molar-refractivity contribution in [3.63, 3.8) is 0 Å². The lowest BCUT2D eigenvalue weighted by Crippen LogP contribution is -1.99. The third-order valence-corrected chi connectivity index (χ3v) is 1.60. The summed E-state index contributed by atoms with van der Waals surface area (Å²) in [6.45, 7) is 0.784. The van der Waals surface area contributed by atoms with E-state index in [4.69, 9.17) is 0 Å². The molecule has 0 spiro atoms. The minimum atomic E-state index is 0.784. The van der Waals surface area contributed by atoms with Crippen molar-refractivity contribution in [3.05, 3.63) is 48.5 Å². The third kappa shape index (κ3) is 1.50. The Balaban J connectivity index is 2.15. The Morgan fingerprint density at radius 2 is 2.17 bits per heavy atom. The molecule has 0 saturated carbocycles. The Bertz CT molecular complexity index is 326. The van der Waals surface area contributed by atoms with Gasteiger partial charge in [0.2, 0.25) is 0 Å². The van der Waals surface area contributed by atoms with Crippen molar-refractivity contribution in [2.75, 3.05) is 0 Å². The number of pyridine rings is 1. The maximum atomic E-state index is 4.05. The van der Waals surface area contributed by atoms with Crippen molar-refractivity contribution >= 4 is 0 Å². The van der Waals surface area contributed by atoms with Crippen LogP contribution in [0.25, 0.3) is 0 Å². The largest absolute Gasteiger partial charge is 0.268 e. The zero-order valence-electron chi connectivity index (χ0n) is 6.51. The van der Waals surface area contributed by atoms with Crippen molar-refractivity contribution < 1.29 is 0 Å². The van der Waals surface area contributed by atoms with Gasteiger partial charge in [-0.05, 0) is 17.7 Å². The first kappa shape index (κ1) is 7.03. The molecule has 0 aliphatic carbocycles. The predicted molar refractivity (Wildman–Crippen MR) is 44.4 cm³/mol. The standard InChI is InChI=1S/C9H8N3/c1-4-11-12(7-1)8-9-2-5-10-6-3-9/h2-7H,8H2. The molecule has 0 aromatic carbocycles. The zero-order chi connectivity index (χ0) is 8.23. The molecule has 0 saturated heterocycles. The summed E-state index contributed by atoms with van der Waals surface area (Å²) in [7, 11) is 0. The summed E-state index contributed by atoms with van der Waals surface area (Å²) in [4.78, 5) is 3.94. The lowest BCUT2D eigenvalue weighted by molar-refractivity contribution is 0.686. The normalized spacial score (nSPS) is 10.0. The molecule has 0 aliphatic heterocycles. The van der Waals surface area contributed by atoms with E-state index in [-0.39, 0.29) is 0 Å². The first-order valence-electron chi connectivity index (χ1n) is 3.72. The molecular weight excluding hydrogens is 150 g/mol. The molecule has 0 amide bonds. The van der Waals surface area contributed by atoms with Crippen molar-refractivity contribution in [1.82, 2.24) is 14.8 Å². The van der Waals surface area contributed by atoms with Gasteiger partial charge in [0.05, 0.1) is 12.7 Å². The van der Waals surface area contributed by atoms with Gasteiger partial charge < -0.3 is 0 Å². The average Bonchev–Trinajstić information content (AvgIpc) is 2.59. The predicted octanol–water partition coefficient (Wildman–Crippen LogP) is 1.13. The van der Waals surface area contributed by atoms with Crippen molar-refractivity contribution in [3.8, 4) is 0 Å². The van der Waals surface area contributed by atoms with Gasteiger partial charge in [0, 0.05) is 24.7 Å². The van der Waals surface area contributed by atoms with Crippen LogP contribution >= 0.6 is 0 Å². The summed E-state index contributed by atoms with van der Waals surface area (Å²) in [5, 5.41) is 4.05. The van der Waals surface area contributed by atoms with Crippen LogP contribution in [0.2, 0.25) is 0 Å². The van der Waals surface area contributed by atoms with Gasteiger partial charge in [-0.1, -0.05) is 0 Å². The fourth-order valence-electron chi connectivity index (χ4n) is 1.02. The van der Waals surface area contributed by atoms with E-state index in [1.807, 2.05) is 23.0 Å². The quantitative estimate of drug-likeness (QED) is 0.655. The van der Waals surface area contributed by atoms with Crippen LogP contribution < -0.4 is 0 Å². The molecule has 0 fully saturated rings. The molecule has 59 valence electrons. The summed E-state index contributed by atoms with van der Waals surface area (Å²) < 4.78 is 1.83. The Hall–Kier alpha value is -1.64. The minimum Gasteiger partial charge on any atom is -0.268 e. The van der Waals surface area contributed by atoms with Gasteiger partial charge in [-0.3, -0.25) is 9.67 Å². The van der Waals surface area contributed by atoms with E-state index in [9.17, 15) is 0 Å². The molecule has 2 rings (SSSR count). The van der Waals surface area contributed by atoms with E-state index in [1.165, 1.54) is 5.56 Å². The first-order valence-corrected chi connectivity index (χ1v) is 3.72. The Kier molecular flexibility index (Phi) is 1.86. The summed E-state index contributed by atoms with van der Waals surface area (Å²) in [6, 6.07) is 6.83. The zero-order valence-corrected chi connectivity index (χ0v) is 6.51. The SMILES string of the molecule is [c]1cnn(Cc2ccncc2)c1. The summed E-state index contributed by atoms with van der Waals surface area (Å²) in [5.41, 5.74) is 1.20. The molecule has 0 aliphatic rings. The van der Waals surface area contributed by atoms with E-state index in [0.29, 0.717) is 0 Å². The molecular formula is C9H8N3. The molecule has 3 heteroatoms. The second-order valence-corrected chi connectivity index (χ2v) is 2.49. The highest BCUT2D eigenvalue weighted by molar-refractivity contribution is 5.09. The molecule has 12 heavy (non-hydrogen) atoms. The summed E-state index contributed by atoms with van der Waals surface area (Å²) >= 11 is 0. The molecule has 2 aromatic heterocycles. The molecule has 0 unspecified atom stereocenters. The molecule has 0 atom stereocenters. The number of hydrogen-bond donors (Lipinski definition) is 0. The second kappa shape index (κ2) is 3.17. The summed E-state index contributed by atoms with van der Waals surface area (Å²) in [5.74, 6) is 0. The van der Waals surface area contributed by atoms with Crippen molar-refractivity contribution in [2.24, 2.45) is 0 Å². The maximum Gasteiger partial charge on any atom is 0.0660 e. The van der Waals surface area contributed by atoms with Gasteiger partial charge in [-0.15, -0.1) is 0 Å². The first-order chi connectivity index (χ1) is 5.95. The van der Waals surface area contributed by atoms with Crippen LogP contribution in [0.5, 0.6) is 0 Å². The van der Waals surface area contributed by atoms with Crippen LogP contribution in [0.1, 0.15) is 5.56 Å². The van der Waals surface area contributed by atoms with E-state index in [2.05, 4.69) is 16.1 Å². The van der Waals surface area contributed by atoms with E-state index in [1.54, 1.807) is 18.6 Å². The van der Waals surface area contributed by atoms with Gasteiger partial charge in [-0.2, -0.15) is 5.10 Å². The van der Waals surface area contributed by atoms with Crippen LogP contribution in [-0.2, 0) is 6.54 Å². The number of rotatable bonds is 2. The van der Waals surface area contributed by atoms with Gasteiger partial charge in [-0.25, -0.2) is 0 Å². The lowest BCUT2D eigenvalue weighted by Gasteiger charge is -1.99. The topological polar surface area (TPSA) is 30.7 Å². The Morgan fingerprint density at radius 1 is 1.33 bits per heavy atom. The molecule has 0 N–H and O–H groups in total. The van der Waals surface area contributed by atoms with Crippen molar-refractivity contribution in [1.29, 1.82) is 0 Å². The molecule has 2 aromatic rings. The van der Waals surface area contributed by atoms with Crippen molar-refractivity contribution in [2.45, 2.75) is 6.54 Å². The maximum absolute atomic E-state index is 4.05. The third-order valence-electron chi connectivity index (χ3n) is 1.60. The van der Waals surface area contributed by atoms with Gasteiger partial charge in [0.15, 0.2) is 0 Å². The monoisotopic (exact) mass is 158 g/mol. The van der Waals surface area contributed by atoms with Crippen LogP contribution in [0.4, 0.5) is 0 Å². The minimum absolute atomic E-state index is 0.784. The highest BCUT2D eigenvalue weighted by Crippen LogP contribution is 1.98. The Morgan fingerprint density at radius 3 is 2.83 bits per heavy atom. The van der Waals surface area contributed by atoms with Crippen LogP contribution in [0.15, 0.2) is 36.9 Å². The highest BCUT2D eigenvalue weighted by atomic mass is 15.3. The second-order valence-electron chi connectivity index (χ2n) is 2.49. The molecule has 3 nitrogen and oxygen atoms in total. The lowest BCUT2D eigenvalue weighted by atomic mass is 10.3. The fraction of sp³-hybridized carbons (Fsp3) is 0.111. The van der Waals surface area contributed by atoms with E-state index < -0.39 is 0 Å². The number of nitrogens with zero attached hydrogens (tertiary/aromatic N) is 3. The Labute approximate surface area is 70.7 Å².